The van der Waals surface area contributed by atoms with Crippen LogP contribution in [-0.2, 0) is 4.74 Å². The molecule has 1 aliphatic rings. The largest absolute Gasteiger partial charge is 0.380 e. The number of ether oxygens (including phenoxy) is 1. The number of anilines is 3. The molecule has 1 aliphatic heterocycles. The van der Waals surface area contributed by atoms with E-state index in [-0.39, 0.29) is 0 Å². The van der Waals surface area contributed by atoms with Gasteiger partial charge in [0, 0.05) is 37.7 Å². The molecule has 1 aromatic carbocycles. The molecule has 0 radical (unpaired) electrons. The average molecular weight is 444 g/mol. The zero-order chi connectivity index (χ0) is 22.4. The summed E-state index contributed by atoms with van der Waals surface area (Å²) in [6, 6.07) is 3.53. The van der Waals surface area contributed by atoms with Crippen molar-refractivity contribution in [1.29, 1.82) is 0 Å². The molecular weight excluding hydrogens is 406 g/mol. The second-order valence-corrected chi connectivity index (χ2v) is 8.37. The van der Waals surface area contributed by atoms with Gasteiger partial charge in [-0.15, -0.1) is 0 Å². The SMILES string of the molecule is O=c1c(NCCCCCCCCNCCCN2CCOCC2)c(Nc2ccncc2)c1=O. The van der Waals surface area contributed by atoms with E-state index in [1.54, 1.807) is 24.5 Å². The monoisotopic (exact) mass is 443 g/mol. The van der Waals surface area contributed by atoms with E-state index >= 15 is 0 Å². The fourth-order valence-corrected chi connectivity index (χ4v) is 3.93. The fourth-order valence-electron chi connectivity index (χ4n) is 3.93. The highest BCUT2D eigenvalue weighted by atomic mass is 16.5. The zero-order valence-electron chi connectivity index (χ0n) is 19.0. The van der Waals surface area contributed by atoms with E-state index in [0.717, 1.165) is 57.9 Å². The number of nitrogens with zero attached hydrogens (tertiary/aromatic N) is 2. The maximum absolute atomic E-state index is 11.8. The molecule has 0 spiro atoms. The number of unbranched alkanes of at least 4 members (excludes halogenated alkanes) is 5. The minimum atomic E-state index is -0.459. The normalized spacial score (nSPS) is 14.6. The Morgan fingerprint density at radius 1 is 0.812 bits per heavy atom. The van der Waals surface area contributed by atoms with Crippen molar-refractivity contribution in [3.63, 3.8) is 0 Å². The molecule has 1 aromatic heterocycles. The van der Waals surface area contributed by atoms with Crippen molar-refractivity contribution in [3.05, 3.63) is 45.0 Å². The van der Waals surface area contributed by atoms with Crippen LogP contribution in [0.5, 0.6) is 0 Å². The molecule has 3 N–H and O–H groups in total. The second kappa shape index (κ2) is 14.0. The van der Waals surface area contributed by atoms with Gasteiger partial charge >= 0.3 is 0 Å². The van der Waals surface area contributed by atoms with Gasteiger partial charge in [-0.3, -0.25) is 19.5 Å². The first-order chi connectivity index (χ1) is 15.8. The van der Waals surface area contributed by atoms with E-state index in [2.05, 4.69) is 25.8 Å². The van der Waals surface area contributed by atoms with Crippen LogP contribution < -0.4 is 26.8 Å². The van der Waals surface area contributed by atoms with Crippen LogP contribution in [0.25, 0.3) is 0 Å². The lowest BCUT2D eigenvalue weighted by Crippen LogP contribution is -2.37. The summed E-state index contributed by atoms with van der Waals surface area (Å²) in [4.78, 5) is 30.1. The smallest absolute Gasteiger partial charge is 0.253 e. The van der Waals surface area contributed by atoms with Gasteiger partial charge < -0.3 is 20.7 Å². The molecule has 0 unspecified atom stereocenters. The van der Waals surface area contributed by atoms with Gasteiger partial charge in [0.25, 0.3) is 10.9 Å². The highest BCUT2D eigenvalue weighted by molar-refractivity contribution is 5.78. The van der Waals surface area contributed by atoms with Crippen molar-refractivity contribution < 1.29 is 4.74 Å². The van der Waals surface area contributed by atoms with Gasteiger partial charge in [0.15, 0.2) is 0 Å². The van der Waals surface area contributed by atoms with Crippen LogP contribution in [0.2, 0.25) is 0 Å². The first-order valence-corrected chi connectivity index (χ1v) is 12.0. The van der Waals surface area contributed by atoms with E-state index in [4.69, 9.17) is 4.74 Å². The van der Waals surface area contributed by atoms with Crippen LogP contribution in [0.1, 0.15) is 44.9 Å². The van der Waals surface area contributed by atoms with Crippen molar-refractivity contribution in [1.82, 2.24) is 15.2 Å². The molecular formula is C24H37N5O3. The number of nitrogens with one attached hydrogen (secondary N) is 3. The third kappa shape index (κ3) is 8.00. The summed E-state index contributed by atoms with van der Waals surface area (Å²) in [5.41, 5.74) is 0.630. The molecule has 8 heteroatoms. The first kappa shape index (κ1) is 24.4. The topological polar surface area (TPSA) is 95.6 Å². The fraction of sp³-hybridized carbons (Fsp3) is 0.625. The molecule has 0 amide bonds. The number of aromatic nitrogens is 1. The predicted octanol–water partition coefficient (Wildman–Crippen LogP) is 2.49. The maximum Gasteiger partial charge on any atom is 0.253 e. The van der Waals surface area contributed by atoms with E-state index in [1.807, 2.05) is 0 Å². The molecule has 0 saturated carbocycles. The zero-order valence-corrected chi connectivity index (χ0v) is 19.0. The summed E-state index contributed by atoms with van der Waals surface area (Å²) in [7, 11) is 0. The van der Waals surface area contributed by atoms with E-state index in [9.17, 15) is 9.59 Å². The summed E-state index contributed by atoms with van der Waals surface area (Å²) in [6.45, 7) is 7.98. The summed E-state index contributed by atoms with van der Waals surface area (Å²) in [5.74, 6) is 0. The van der Waals surface area contributed by atoms with Gasteiger partial charge in [-0.05, 0) is 51.0 Å². The van der Waals surface area contributed by atoms with Crippen LogP contribution in [-0.4, -0.2) is 62.4 Å². The molecule has 1 saturated heterocycles. The lowest BCUT2D eigenvalue weighted by molar-refractivity contribution is 0.0374. The van der Waals surface area contributed by atoms with Crippen molar-refractivity contribution in [2.75, 3.05) is 63.1 Å². The van der Waals surface area contributed by atoms with Gasteiger partial charge in [-0.2, -0.15) is 0 Å². The molecule has 0 bridgehead atoms. The van der Waals surface area contributed by atoms with E-state index < -0.39 is 10.9 Å². The highest BCUT2D eigenvalue weighted by Crippen LogP contribution is 2.20. The van der Waals surface area contributed by atoms with Crippen molar-refractivity contribution in [2.45, 2.75) is 44.9 Å². The Balaban J connectivity index is 1.14. The molecule has 3 rings (SSSR count). The number of hydrogen-bond donors (Lipinski definition) is 3. The quantitative estimate of drug-likeness (QED) is 0.269. The van der Waals surface area contributed by atoms with E-state index in [1.165, 1.54) is 38.6 Å². The Morgan fingerprint density at radius 3 is 2.19 bits per heavy atom. The molecule has 0 atom stereocenters. The van der Waals surface area contributed by atoms with Crippen molar-refractivity contribution in [2.24, 2.45) is 0 Å². The number of pyridine rings is 1. The molecule has 176 valence electrons. The van der Waals surface area contributed by atoms with Crippen LogP contribution in [0.3, 0.4) is 0 Å². The Bertz CT molecular complexity index is 845. The lowest BCUT2D eigenvalue weighted by atomic mass is 10.1. The second-order valence-electron chi connectivity index (χ2n) is 8.37. The molecule has 1 fully saturated rings. The van der Waals surface area contributed by atoms with Gasteiger partial charge in [0.1, 0.15) is 11.4 Å². The summed E-state index contributed by atoms with van der Waals surface area (Å²) in [5, 5.41) is 9.70. The molecule has 0 aliphatic carbocycles. The summed E-state index contributed by atoms with van der Waals surface area (Å²) in [6.07, 6.45) is 11.5. The third-order valence-electron chi connectivity index (χ3n) is 5.87. The molecule has 32 heavy (non-hydrogen) atoms. The Morgan fingerprint density at radius 2 is 1.44 bits per heavy atom. The molecule has 2 heterocycles. The number of rotatable bonds is 16. The molecule has 2 aromatic rings. The summed E-state index contributed by atoms with van der Waals surface area (Å²) < 4.78 is 5.37. The van der Waals surface area contributed by atoms with E-state index in [0.29, 0.717) is 17.9 Å². The minimum absolute atomic E-state index is 0.360. The van der Waals surface area contributed by atoms with Crippen LogP contribution in [0, 0.1) is 0 Å². The Labute approximate surface area is 190 Å². The minimum Gasteiger partial charge on any atom is -0.380 e. The van der Waals surface area contributed by atoms with Gasteiger partial charge in [-0.25, -0.2) is 0 Å². The van der Waals surface area contributed by atoms with Crippen LogP contribution >= 0.6 is 0 Å². The Hall–Kier alpha value is -2.29. The standard InChI is InChI=1S/C24H37N5O3/c30-23-21(22(24(23)31)28-20-8-13-26-14-9-20)27-12-6-4-2-1-3-5-10-25-11-7-15-29-16-18-32-19-17-29/h8-9,13-14,25,27H,1-7,10-12,15-19H2,(H,26,28). The third-order valence-corrected chi connectivity index (χ3v) is 5.87. The maximum atomic E-state index is 11.8. The highest BCUT2D eigenvalue weighted by Gasteiger charge is 2.20. The summed E-state index contributed by atoms with van der Waals surface area (Å²) >= 11 is 0. The van der Waals surface area contributed by atoms with Crippen LogP contribution in [0.4, 0.5) is 17.1 Å². The Kier molecular flexibility index (Phi) is 10.6. The van der Waals surface area contributed by atoms with Gasteiger partial charge in [0.2, 0.25) is 0 Å². The van der Waals surface area contributed by atoms with Crippen molar-refractivity contribution in [3.8, 4) is 0 Å². The first-order valence-electron chi connectivity index (χ1n) is 12.0. The van der Waals surface area contributed by atoms with Gasteiger partial charge in [-0.1, -0.05) is 25.7 Å². The number of morpholine rings is 1. The number of hydrogen-bond acceptors (Lipinski definition) is 8. The van der Waals surface area contributed by atoms with Gasteiger partial charge in [0.05, 0.1) is 13.2 Å². The average Bonchev–Trinajstić information content (AvgIpc) is 2.84. The predicted molar refractivity (Wildman–Crippen MR) is 130 cm³/mol. The molecule has 8 nitrogen and oxygen atoms in total. The lowest BCUT2D eigenvalue weighted by Gasteiger charge is -2.26. The van der Waals surface area contributed by atoms with Crippen molar-refractivity contribution >= 4 is 17.1 Å². The van der Waals surface area contributed by atoms with Crippen LogP contribution in [0.15, 0.2) is 34.1 Å².